The van der Waals surface area contributed by atoms with Crippen molar-refractivity contribution in [2.75, 3.05) is 0 Å². The van der Waals surface area contributed by atoms with Crippen LogP contribution in [0.1, 0.15) is 50.7 Å². The Bertz CT molecular complexity index is 1600. The Morgan fingerprint density at radius 3 is 2.06 bits per heavy atom. The fourth-order valence-electron chi connectivity index (χ4n) is 5.30. The zero-order valence-corrected chi connectivity index (χ0v) is 21.2. The molecule has 4 nitrogen and oxygen atoms in total. The van der Waals surface area contributed by atoms with Crippen molar-refractivity contribution in [3.8, 4) is 22.8 Å². The van der Waals surface area contributed by atoms with Gasteiger partial charge in [-0.25, -0.2) is 4.98 Å². The van der Waals surface area contributed by atoms with Crippen molar-refractivity contribution < 1.29 is 0 Å². The summed E-state index contributed by atoms with van der Waals surface area (Å²) < 4.78 is 4.64. The first-order chi connectivity index (χ1) is 17.5. The smallest absolute Gasteiger partial charge is 0.144 e. The molecule has 3 heterocycles. The molecule has 6 rings (SSSR count). The maximum Gasteiger partial charge on any atom is 0.144 e. The molecular weight excluding hydrogens is 440 g/mol. The van der Waals surface area contributed by atoms with Crippen LogP contribution in [0.2, 0.25) is 0 Å². The van der Waals surface area contributed by atoms with E-state index in [0.717, 1.165) is 22.4 Å². The number of imidazole rings is 1. The molecule has 3 aromatic carbocycles. The van der Waals surface area contributed by atoms with E-state index in [2.05, 4.69) is 110 Å². The van der Waals surface area contributed by atoms with Crippen LogP contribution >= 0.6 is 0 Å². The Balaban J connectivity index is 1.67. The number of pyridine rings is 1. The van der Waals surface area contributed by atoms with Crippen LogP contribution in [0, 0.1) is 0 Å². The highest BCUT2D eigenvalue weighted by atomic mass is 15.1. The highest BCUT2D eigenvalue weighted by Crippen LogP contribution is 2.38. The van der Waals surface area contributed by atoms with Crippen LogP contribution in [0.3, 0.4) is 0 Å². The SMILES string of the molecule is CC(C)c1cc(-n2c3ccccc3c3ncccc32)cc(C(C)C)c1-n1ccnc1-c1ccccc1. The fraction of sp³-hybridized carbons (Fsp3) is 0.188. The van der Waals surface area contributed by atoms with E-state index in [1.807, 2.05) is 24.5 Å². The number of rotatable bonds is 5. The normalized spacial score (nSPS) is 11.8. The van der Waals surface area contributed by atoms with Crippen LogP contribution in [-0.2, 0) is 0 Å². The van der Waals surface area contributed by atoms with Gasteiger partial charge in [-0.3, -0.25) is 9.55 Å². The molecule has 0 unspecified atom stereocenters. The van der Waals surface area contributed by atoms with Gasteiger partial charge >= 0.3 is 0 Å². The first-order valence-electron chi connectivity index (χ1n) is 12.7. The summed E-state index contributed by atoms with van der Waals surface area (Å²) in [5, 5.41) is 1.18. The number of aromatic nitrogens is 4. The predicted octanol–water partition coefficient (Wildman–Crippen LogP) is 8.28. The number of fused-ring (bicyclic) bond motifs is 3. The zero-order chi connectivity index (χ0) is 24.8. The second kappa shape index (κ2) is 8.80. The molecule has 6 aromatic rings. The lowest BCUT2D eigenvalue weighted by atomic mass is 9.91. The fourth-order valence-corrected chi connectivity index (χ4v) is 5.30. The van der Waals surface area contributed by atoms with Gasteiger partial charge in [-0.2, -0.15) is 0 Å². The minimum Gasteiger partial charge on any atom is -0.308 e. The van der Waals surface area contributed by atoms with Gasteiger partial charge < -0.3 is 4.57 Å². The lowest BCUT2D eigenvalue weighted by molar-refractivity contribution is 0.803. The molecule has 0 bridgehead atoms. The molecule has 0 radical (unpaired) electrons. The topological polar surface area (TPSA) is 35.6 Å². The summed E-state index contributed by atoms with van der Waals surface area (Å²) in [6.45, 7) is 9.11. The van der Waals surface area contributed by atoms with E-state index in [1.165, 1.54) is 33.4 Å². The molecule has 0 N–H and O–H groups in total. The van der Waals surface area contributed by atoms with Crippen LogP contribution in [0.15, 0.2) is 97.5 Å². The molecule has 0 fully saturated rings. The predicted molar refractivity (Wildman–Crippen MR) is 149 cm³/mol. The van der Waals surface area contributed by atoms with Gasteiger partial charge in [0.1, 0.15) is 5.82 Å². The van der Waals surface area contributed by atoms with E-state index in [9.17, 15) is 0 Å². The molecule has 0 aliphatic heterocycles. The van der Waals surface area contributed by atoms with Gasteiger partial charge in [0, 0.05) is 35.2 Å². The monoisotopic (exact) mass is 470 g/mol. The van der Waals surface area contributed by atoms with Crippen molar-refractivity contribution in [2.45, 2.75) is 39.5 Å². The summed E-state index contributed by atoms with van der Waals surface area (Å²) in [6.07, 6.45) is 5.88. The molecule has 0 atom stereocenters. The standard InChI is InChI=1S/C32H30N4/c1-21(2)26-19-24(36-28-14-9-8-13-25(28)30-29(36)15-10-16-33-30)20-27(22(3)4)31(26)35-18-17-34-32(35)23-11-6-5-7-12-23/h5-22H,1-4H3. The summed E-state index contributed by atoms with van der Waals surface area (Å²) in [7, 11) is 0. The number of hydrogen-bond donors (Lipinski definition) is 0. The van der Waals surface area contributed by atoms with Gasteiger partial charge in [0.2, 0.25) is 0 Å². The van der Waals surface area contributed by atoms with Crippen molar-refractivity contribution in [2.24, 2.45) is 0 Å². The van der Waals surface area contributed by atoms with Gasteiger partial charge in [0.15, 0.2) is 0 Å². The van der Waals surface area contributed by atoms with E-state index in [4.69, 9.17) is 9.97 Å². The van der Waals surface area contributed by atoms with Crippen LogP contribution in [0.5, 0.6) is 0 Å². The van der Waals surface area contributed by atoms with Gasteiger partial charge in [-0.15, -0.1) is 0 Å². The second-order valence-electron chi connectivity index (χ2n) is 9.99. The van der Waals surface area contributed by atoms with E-state index >= 15 is 0 Å². The van der Waals surface area contributed by atoms with Gasteiger partial charge in [-0.1, -0.05) is 76.2 Å². The average Bonchev–Trinajstić information content (AvgIpc) is 3.51. The highest BCUT2D eigenvalue weighted by Gasteiger charge is 2.22. The van der Waals surface area contributed by atoms with Crippen LogP contribution < -0.4 is 0 Å². The van der Waals surface area contributed by atoms with Gasteiger partial charge in [-0.05, 0) is 53.3 Å². The van der Waals surface area contributed by atoms with Crippen LogP contribution in [0.4, 0.5) is 0 Å². The first-order valence-corrected chi connectivity index (χ1v) is 12.7. The third kappa shape index (κ3) is 3.53. The molecule has 0 saturated carbocycles. The molecular formula is C32H30N4. The van der Waals surface area contributed by atoms with Crippen molar-refractivity contribution >= 4 is 21.9 Å². The largest absolute Gasteiger partial charge is 0.308 e. The van der Waals surface area contributed by atoms with Crippen LogP contribution in [-0.4, -0.2) is 19.1 Å². The molecule has 0 spiro atoms. The molecule has 0 amide bonds. The Labute approximate surface area is 211 Å². The van der Waals surface area contributed by atoms with E-state index in [0.29, 0.717) is 11.8 Å². The van der Waals surface area contributed by atoms with Gasteiger partial charge in [0.25, 0.3) is 0 Å². The first kappa shape index (κ1) is 22.3. The Kier molecular flexibility index (Phi) is 5.45. The highest BCUT2D eigenvalue weighted by molar-refractivity contribution is 6.06. The maximum absolute atomic E-state index is 4.77. The molecule has 0 aliphatic rings. The Hall–Kier alpha value is -4.18. The van der Waals surface area contributed by atoms with E-state index < -0.39 is 0 Å². The van der Waals surface area contributed by atoms with Gasteiger partial charge in [0.05, 0.1) is 22.2 Å². The maximum atomic E-state index is 4.77. The summed E-state index contributed by atoms with van der Waals surface area (Å²) in [5.74, 6) is 1.62. The summed E-state index contributed by atoms with van der Waals surface area (Å²) in [4.78, 5) is 9.51. The van der Waals surface area contributed by atoms with Crippen molar-refractivity contribution in [3.05, 3.63) is 109 Å². The minimum atomic E-state index is 0.328. The second-order valence-corrected chi connectivity index (χ2v) is 9.99. The molecule has 36 heavy (non-hydrogen) atoms. The quantitative estimate of drug-likeness (QED) is 0.254. The summed E-state index contributed by atoms with van der Waals surface area (Å²) >= 11 is 0. The van der Waals surface area contributed by atoms with Crippen LogP contribution in [0.25, 0.3) is 44.7 Å². The van der Waals surface area contributed by atoms with Crippen molar-refractivity contribution in [1.82, 2.24) is 19.1 Å². The Morgan fingerprint density at radius 2 is 1.33 bits per heavy atom. The lowest BCUT2D eigenvalue weighted by Gasteiger charge is -2.24. The molecule has 3 aromatic heterocycles. The summed E-state index contributed by atoms with van der Waals surface area (Å²) in [5.41, 5.74) is 9.48. The van der Waals surface area contributed by atoms with Crippen molar-refractivity contribution in [1.29, 1.82) is 0 Å². The lowest BCUT2D eigenvalue weighted by Crippen LogP contribution is -2.10. The molecule has 4 heteroatoms. The average molecular weight is 471 g/mol. The van der Waals surface area contributed by atoms with E-state index in [-0.39, 0.29) is 0 Å². The number of para-hydroxylation sites is 1. The number of benzene rings is 3. The minimum absolute atomic E-state index is 0.328. The third-order valence-corrected chi connectivity index (χ3v) is 7.00. The molecule has 178 valence electrons. The van der Waals surface area contributed by atoms with Crippen molar-refractivity contribution in [3.63, 3.8) is 0 Å². The molecule has 0 saturated heterocycles. The third-order valence-electron chi connectivity index (χ3n) is 7.00. The number of nitrogens with zero attached hydrogens (tertiary/aromatic N) is 4. The zero-order valence-electron chi connectivity index (χ0n) is 21.2. The number of hydrogen-bond acceptors (Lipinski definition) is 2. The van der Waals surface area contributed by atoms with E-state index in [1.54, 1.807) is 0 Å². The summed E-state index contributed by atoms with van der Waals surface area (Å²) in [6, 6.07) is 27.9. The Morgan fingerprint density at radius 1 is 0.667 bits per heavy atom. The molecule has 0 aliphatic carbocycles.